The third kappa shape index (κ3) is 5.61. The Kier molecular flexibility index (Phi) is 7.22. The van der Waals surface area contributed by atoms with Crippen LogP contribution in [0.1, 0.15) is 18.9 Å². The van der Waals surface area contributed by atoms with E-state index in [1.165, 1.54) is 0 Å². The van der Waals surface area contributed by atoms with Crippen LogP contribution in [0, 0.1) is 5.92 Å². The first-order valence-corrected chi connectivity index (χ1v) is 11.2. The van der Waals surface area contributed by atoms with Crippen molar-refractivity contribution in [3.8, 4) is 5.75 Å². The molecule has 0 saturated carbocycles. The number of nitrogens with one attached hydrogen (secondary N) is 2. The van der Waals surface area contributed by atoms with Crippen molar-refractivity contribution in [1.82, 2.24) is 15.1 Å². The Balaban J connectivity index is 1.32. The van der Waals surface area contributed by atoms with Crippen molar-refractivity contribution >= 4 is 29.1 Å². The minimum atomic E-state index is -0.445. The van der Waals surface area contributed by atoms with Crippen molar-refractivity contribution in [2.45, 2.75) is 26.4 Å². The van der Waals surface area contributed by atoms with Crippen molar-refractivity contribution in [2.75, 3.05) is 23.4 Å². The monoisotopic (exact) mass is 461 g/mol. The van der Waals surface area contributed by atoms with Crippen molar-refractivity contribution in [3.05, 3.63) is 72.6 Å². The van der Waals surface area contributed by atoms with Gasteiger partial charge in [0, 0.05) is 37.6 Å². The van der Waals surface area contributed by atoms with E-state index in [0.29, 0.717) is 36.8 Å². The maximum absolute atomic E-state index is 12.8. The SMILES string of the molecule is CCOc1ccccc1N1CC(C(=O)NCc2cccc(NC(=O)Cn3cccn3)c2)CC1=O. The zero-order chi connectivity index (χ0) is 23.9. The summed E-state index contributed by atoms with van der Waals surface area (Å²) in [7, 11) is 0. The lowest BCUT2D eigenvalue weighted by Crippen LogP contribution is -2.32. The lowest BCUT2D eigenvalue weighted by molar-refractivity contribution is -0.126. The summed E-state index contributed by atoms with van der Waals surface area (Å²) in [6.45, 7) is 3.09. The van der Waals surface area contributed by atoms with Crippen molar-refractivity contribution in [3.63, 3.8) is 0 Å². The van der Waals surface area contributed by atoms with Gasteiger partial charge in [0.25, 0.3) is 0 Å². The van der Waals surface area contributed by atoms with Gasteiger partial charge in [0.05, 0.1) is 18.2 Å². The zero-order valence-electron chi connectivity index (χ0n) is 18.9. The quantitative estimate of drug-likeness (QED) is 0.510. The number of hydrogen-bond acceptors (Lipinski definition) is 5. The van der Waals surface area contributed by atoms with Crippen LogP contribution in [0.15, 0.2) is 67.0 Å². The van der Waals surface area contributed by atoms with Crippen LogP contribution in [0.5, 0.6) is 5.75 Å². The van der Waals surface area contributed by atoms with Crippen LogP contribution < -0.4 is 20.3 Å². The van der Waals surface area contributed by atoms with E-state index in [9.17, 15) is 14.4 Å². The molecule has 1 aliphatic heterocycles. The van der Waals surface area contributed by atoms with Crippen LogP contribution in [-0.4, -0.2) is 40.7 Å². The standard InChI is InChI=1S/C25H27N5O4/c1-2-34-22-10-4-3-9-21(22)30-16-19(14-24(30)32)25(33)26-15-18-7-5-8-20(13-18)28-23(31)17-29-12-6-11-27-29/h3-13,19H,2,14-17H2,1H3,(H,26,33)(H,28,31). The molecule has 1 aromatic heterocycles. The maximum atomic E-state index is 12.8. The third-order valence-electron chi connectivity index (χ3n) is 5.49. The molecule has 0 spiro atoms. The number of para-hydroxylation sites is 2. The third-order valence-corrected chi connectivity index (χ3v) is 5.49. The van der Waals surface area contributed by atoms with Gasteiger partial charge in [-0.05, 0) is 42.8 Å². The predicted molar refractivity (Wildman–Crippen MR) is 127 cm³/mol. The van der Waals surface area contributed by atoms with Crippen molar-refractivity contribution in [1.29, 1.82) is 0 Å². The number of rotatable bonds is 9. The van der Waals surface area contributed by atoms with Gasteiger partial charge in [-0.25, -0.2) is 0 Å². The number of carbonyl (C=O) groups is 3. The Morgan fingerprint density at radius 2 is 2.00 bits per heavy atom. The molecule has 3 aromatic rings. The summed E-state index contributed by atoms with van der Waals surface area (Å²) in [4.78, 5) is 39.2. The Bertz CT molecular complexity index is 1160. The number of aromatic nitrogens is 2. The van der Waals surface area contributed by atoms with Gasteiger partial charge >= 0.3 is 0 Å². The number of ether oxygens (including phenoxy) is 1. The van der Waals surface area contributed by atoms with Crippen LogP contribution in [0.4, 0.5) is 11.4 Å². The van der Waals surface area contributed by atoms with Gasteiger partial charge < -0.3 is 20.3 Å². The normalized spacial score (nSPS) is 15.3. The summed E-state index contributed by atoms with van der Waals surface area (Å²) >= 11 is 0. The molecule has 4 rings (SSSR count). The van der Waals surface area contributed by atoms with Crippen molar-refractivity contribution in [2.24, 2.45) is 5.92 Å². The van der Waals surface area contributed by atoms with Gasteiger partial charge in [-0.15, -0.1) is 0 Å². The highest BCUT2D eigenvalue weighted by Gasteiger charge is 2.36. The summed E-state index contributed by atoms with van der Waals surface area (Å²) in [6, 6.07) is 16.4. The first-order valence-electron chi connectivity index (χ1n) is 11.2. The topological polar surface area (TPSA) is 106 Å². The fourth-order valence-electron chi connectivity index (χ4n) is 3.91. The Hall–Kier alpha value is -4.14. The average molecular weight is 462 g/mol. The van der Waals surface area contributed by atoms with E-state index in [1.54, 1.807) is 34.1 Å². The summed E-state index contributed by atoms with van der Waals surface area (Å²) < 4.78 is 7.18. The molecule has 2 N–H and O–H groups in total. The van der Waals surface area contributed by atoms with Crippen LogP contribution in [0.3, 0.4) is 0 Å². The molecular weight excluding hydrogens is 434 g/mol. The van der Waals surface area contributed by atoms with E-state index in [1.807, 2.05) is 49.4 Å². The largest absolute Gasteiger partial charge is 0.492 e. The van der Waals surface area contributed by atoms with Crippen LogP contribution in [0.25, 0.3) is 0 Å². The second kappa shape index (κ2) is 10.7. The second-order valence-electron chi connectivity index (χ2n) is 7.98. The molecule has 34 heavy (non-hydrogen) atoms. The van der Waals surface area contributed by atoms with Gasteiger partial charge in [-0.1, -0.05) is 24.3 Å². The second-order valence-corrected chi connectivity index (χ2v) is 7.98. The molecule has 0 radical (unpaired) electrons. The van der Waals surface area contributed by atoms with Gasteiger partial charge in [-0.3, -0.25) is 19.1 Å². The molecule has 2 heterocycles. The molecule has 9 nitrogen and oxygen atoms in total. The first-order chi connectivity index (χ1) is 16.5. The number of anilines is 2. The fraction of sp³-hybridized carbons (Fsp3) is 0.280. The van der Waals surface area contributed by atoms with E-state index < -0.39 is 5.92 Å². The van der Waals surface area contributed by atoms with Gasteiger partial charge in [-0.2, -0.15) is 5.10 Å². The van der Waals surface area contributed by atoms with Gasteiger partial charge in [0.1, 0.15) is 12.3 Å². The summed E-state index contributed by atoms with van der Waals surface area (Å²) in [5.41, 5.74) is 2.16. The van der Waals surface area contributed by atoms with E-state index in [0.717, 1.165) is 5.56 Å². The van der Waals surface area contributed by atoms with E-state index in [-0.39, 0.29) is 30.7 Å². The molecule has 3 amide bonds. The molecule has 1 fully saturated rings. The Morgan fingerprint density at radius 1 is 1.15 bits per heavy atom. The lowest BCUT2D eigenvalue weighted by atomic mass is 10.1. The molecule has 1 atom stereocenters. The van der Waals surface area contributed by atoms with Crippen molar-refractivity contribution < 1.29 is 19.1 Å². The Labute approximate surface area is 197 Å². The molecule has 1 saturated heterocycles. The highest BCUT2D eigenvalue weighted by Crippen LogP contribution is 2.33. The molecule has 0 bridgehead atoms. The number of carbonyl (C=O) groups excluding carboxylic acids is 3. The lowest BCUT2D eigenvalue weighted by Gasteiger charge is -2.20. The molecular formula is C25H27N5O4. The minimum Gasteiger partial charge on any atom is -0.492 e. The predicted octanol–water partition coefficient (Wildman–Crippen LogP) is 2.59. The number of nitrogens with zero attached hydrogens (tertiary/aromatic N) is 3. The molecule has 1 aliphatic rings. The van der Waals surface area contributed by atoms with Gasteiger partial charge in [0.2, 0.25) is 17.7 Å². The smallest absolute Gasteiger partial charge is 0.246 e. The average Bonchev–Trinajstić information content (AvgIpc) is 3.48. The summed E-state index contributed by atoms with van der Waals surface area (Å²) in [5, 5.41) is 9.77. The Morgan fingerprint density at radius 3 is 2.79 bits per heavy atom. The molecule has 176 valence electrons. The van der Waals surface area contributed by atoms with Crippen LogP contribution >= 0.6 is 0 Å². The first kappa shape index (κ1) is 23.0. The van der Waals surface area contributed by atoms with E-state index in [4.69, 9.17) is 4.74 Å². The molecule has 0 aliphatic carbocycles. The maximum Gasteiger partial charge on any atom is 0.246 e. The highest BCUT2D eigenvalue weighted by atomic mass is 16.5. The number of amides is 3. The van der Waals surface area contributed by atoms with Gasteiger partial charge in [0.15, 0.2) is 0 Å². The summed E-state index contributed by atoms with van der Waals surface area (Å²) in [5.74, 6) is -0.293. The summed E-state index contributed by atoms with van der Waals surface area (Å²) in [6.07, 6.45) is 3.48. The highest BCUT2D eigenvalue weighted by molar-refractivity contribution is 6.01. The molecule has 1 unspecified atom stereocenters. The number of benzene rings is 2. The zero-order valence-corrected chi connectivity index (χ0v) is 18.9. The molecule has 9 heteroatoms. The van der Waals surface area contributed by atoms with Crippen LogP contribution in [0.2, 0.25) is 0 Å². The van der Waals surface area contributed by atoms with E-state index >= 15 is 0 Å². The number of hydrogen-bond donors (Lipinski definition) is 2. The van der Waals surface area contributed by atoms with Crippen LogP contribution in [-0.2, 0) is 27.5 Å². The fourth-order valence-corrected chi connectivity index (χ4v) is 3.91. The van der Waals surface area contributed by atoms with E-state index in [2.05, 4.69) is 15.7 Å². The molecule has 2 aromatic carbocycles. The minimum absolute atomic E-state index is 0.103.